The number of rotatable bonds is 7. The lowest BCUT2D eigenvalue weighted by molar-refractivity contribution is -0.0395. The Morgan fingerprint density at radius 3 is 2.64 bits per heavy atom. The summed E-state index contributed by atoms with van der Waals surface area (Å²) in [5.74, 6) is 1.54. The molecule has 0 N–H and O–H groups in total. The van der Waals surface area contributed by atoms with Crippen LogP contribution in [0.3, 0.4) is 0 Å². The minimum absolute atomic E-state index is 0.191. The number of methoxy groups -OCH3 is 1. The lowest BCUT2D eigenvalue weighted by Gasteiger charge is -2.33. The molecular weight excluding hydrogens is 338 g/mol. The molecule has 1 fully saturated rings. The summed E-state index contributed by atoms with van der Waals surface area (Å²) in [6.07, 6.45) is 1.05. The van der Waals surface area contributed by atoms with Crippen molar-refractivity contribution in [2.24, 2.45) is 0 Å². The Hall–Kier alpha value is -1.75. The monoisotopic (exact) mass is 361 g/mol. The molecular formula is C20H24ClNO3. The minimum Gasteiger partial charge on any atom is -0.493 e. The second-order valence-electron chi connectivity index (χ2n) is 6.14. The molecule has 1 atom stereocenters. The van der Waals surface area contributed by atoms with Crippen LogP contribution in [0.15, 0.2) is 48.5 Å². The molecule has 1 saturated heterocycles. The van der Waals surface area contributed by atoms with Crippen molar-refractivity contribution in [3.63, 3.8) is 0 Å². The van der Waals surface area contributed by atoms with Crippen LogP contribution in [0, 0.1) is 0 Å². The summed E-state index contributed by atoms with van der Waals surface area (Å²) < 4.78 is 17.1. The largest absolute Gasteiger partial charge is 0.493 e. The smallest absolute Gasteiger partial charge is 0.161 e. The number of halogens is 1. The van der Waals surface area contributed by atoms with Gasteiger partial charge in [0.2, 0.25) is 0 Å². The van der Waals surface area contributed by atoms with E-state index >= 15 is 0 Å². The molecule has 3 rings (SSSR count). The summed E-state index contributed by atoms with van der Waals surface area (Å²) >= 11 is 5.95. The Morgan fingerprint density at radius 1 is 1.12 bits per heavy atom. The van der Waals surface area contributed by atoms with E-state index in [0.717, 1.165) is 49.2 Å². The molecule has 1 aliphatic rings. The molecule has 4 nitrogen and oxygen atoms in total. The van der Waals surface area contributed by atoms with Gasteiger partial charge in [-0.3, -0.25) is 4.90 Å². The second kappa shape index (κ2) is 9.09. The van der Waals surface area contributed by atoms with E-state index in [1.165, 1.54) is 5.56 Å². The first-order chi connectivity index (χ1) is 12.2. The number of benzene rings is 2. The van der Waals surface area contributed by atoms with Crippen LogP contribution in [0.1, 0.15) is 12.0 Å². The maximum absolute atomic E-state index is 5.95. The van der Waals surface area contributed by atoms with Gasteiger partial charge in [-0.25, -0.2) is 0 Å². The predicted octanol–water partition coefficient (Wildman–Crippen LogP) is 4.02. The normalized spacial score (nSPS) is 18.1. The minimum atomic E-state index is 0.191. The molecule has 1 heterocycles. The first kappa shape index (κ1) is 18.1. The lowest BCUT2D eigenvalue weighted by Crippen LogP contribution is -2.42. The van der Waals surface area contributed by atoms with Gasteiger partial charge in [-0.15, -0.1) is 0 Å². The molecule has 0 aliphatic carbocycles. The summed E-state index contributed by atoms with van der Waals surface area (Å²) in [6.45, 7) is 4.15. The molecule has 134 valence electrons. The zero-order valence-corrected chi connectivity index (χ0v) is 15.2. The molecule has 0 spiro atoms. The highest BCUT2D eigenvalue weighted by Gasteiger charge is 2.20. The fourth-order valence-electron chi connectivity index (χ4n) is 2.99. The van der Waals surface area contributed by atoms with Crippen molar-refractivity contribution in [2.75, 3.05) is 33.4 Å². The average Bonchev–Trinajstić information content (AvgIpc) is 2.64. The maximum Gasteiger partial charge on any atom is 0.161 e. The Labute approximate surface area is 154 Å². The molecule has 2 aromatic carbocycles. The van der Waals surface area contributed by atoms with E-state index in [-0.39, 0.29) is 6.10 Å². The number of ether oxygens (including phenoxy) is 3. The van der Waals surface area contributed by atoms with Crippen molar-refractivity contribution >= 4 is 11.6 Å². The highest BCUT2D eigenvalue weighted by molar-refractivity contribution is 6.30. The van der Waals surface area contributed by atoms with Crippen LogP contribution in [0.4, 0.5) is 0 Å². The van der Waals surface area contributed by atoms with E-state index in [0.29, 0.717) is 6.61 Å². The van der Waals surface area contributed by atoms with Crippen LogP contribution in [0.2, 0.25) is 5.02 Å². The van der Waals surface area contributed by atoms with Gasteiger partial charge in [0.1, 0.15) is 0 Å². The quantitative estimate of drug-likeness (QED) is 0.745. The zero-order chi connectivity index (χ0) is 17.5. The van der Waals surface area contributed by atoms with E-state index in [1.54, 1.807) is 7.11 Å². The number of para-hydroxylation sites is 2. The van der Waals surface area contributed by atoms with Crippen molar-refractivity contribution in [3.05, 3.63) is 59.1 Å². The van der Waals surface area contributed by atoms with Crippen LogP contribution in [-0.4, -0.2) is 44.4 Å². The first-order valence-corrected chi connectivity index (χ1v) is 8.96. The van der Waals surface area contributed by atoms with E-state index in [9.17, 15) is 0 Å². The Balaban J connectivity index is 1.46. The van der Waals surface area contributed by atoms with E-state index in [1.807, 2.05) is 36.4 Å². The Morgan fingerprint density at radius 2 is 1.88 bits per heavy atom. The molecule has 0 bridgehead atoms. The maximum atomic E-state index is 5.95. The van der Waals surface area contributed by atoms with Crippen molar-refractivity contribution in [1.82, 2.24) is 4.90 Å². The third-order valence-corrected chi connectivity index (χ3v) is 4.56. The van der Waals surface area contributed by atoms with Crippen molar-refractivity contribution < 1.29 is 14.2 Å². The number of hydrogen-bond donors (Lipinski definition) is 0. The van der Waals surface area contributed by atoms with Crippen LogP contribution in [0.25, 0.3) is 0 Å². The number of nitrogens with zero attached hydrogens (tertiary/aromatic N) is 1. The van der Waals surface area contributed by atoms with Crippen LogP contribution in [-0.2, 0) is 11.3 Å². The molecule has 0 radical (unpaired) electrons. The molecule has 1 unspecified atom stereocenters. The summed E-state index contributed by atoms with van der Waals surface area (Å²) in [5.41, 5.74) is 1.27. The van der Waals surface area contributed by atoms with Crippen LogP contribution >= 0.6 is 11.6 Å². The van der Waals surface area contributed by atoms with Gasteiger partial charge < -0.3 is 14.2 Å². The van der Waals surface area contributed by atoms with Crippen molar-refractivity contribution in [3.8, 4) is 11.5 Å². The fourth-order valence-corrected chi connectivity index (χ4v) is 3.11. The van der Waals surface area contributed by atoms with Gasteiger partial charge in [0.15, 0.2) is 11.5 Å². The van der Waals surface area contributed by atoms with Crippen LogP contribution in [0.5, 0.6) is 11.5 Å². The van der Waals surface area contributed by atoms with Gasteiger partial charge in [0.05, 0.1) is 26.4 Å². The zero-order valence-electron chi connectivity index (χ0n) is 14.5. The van der Waals surface area contributed by atoms with Gasteiger partial charge >= 0.3 is 0 Å². The van der Waals surface area contributed by atoms with E-state index < -0.39 is 0 Å². The average molecular weight is 362 g/mol. The topological polar surface area (TPSA) is 30.9 Å². The first-order valence-electron chi connectivity index (χ1n) is 8.59. The van der Waals surface area contributed by atoms with Crippen molar-refractivity contribution in [2.45, 2.75) is 19.1 Å². The third-order valence-electron chi connectivity index (χ3n) is 4.31. The standard InChI is InChI=1S/C20H24ClNO3/c1-23-19-4-2-3-5-20(19)25-12-10-18-15-22(11-13-24-18)14-16-6-8-17(21)9-7-16/h2-9,18H,10-15H2,1H3. The van der Waals surface area contributed by atoms with E-state index in [2.05, 4.69) is 17.0 Å². The van der Waals surface area contributed by atoms with Gasteiger partial charge in [-0.2, -0.15) is 0 Å². The van der Waals surface area contributed by atoms with Crippen LogP contribution < -0.4 is 9.47 Å². The SMILES string of the molecule is COc1ccccc1OCCC1CN(Cc2ccc(Cl)cc2)CCO1. The summed E-state index contributed by atoms with van der Waals surface area (Å²) in [7, 11) is 1.65. The molecule has 2 aromatic rings. The molecule has 0 amide bonds. The number of hydrogen-bond acceptors (Lipinski definition) is 4. The van der Waals surface area contributed by atoms with Gasteiger partial charge in [-0.05, 0) is 29.8 Å². The Kier molecular flexibility index (Phi) is 6.56. The highest BCUT2D eigenvalue weighted by Crippen LogP contribution is 2.26. The molecule has 25 heavy (non-hydrogen) atoms. The fraction of sp³-hybridized carbons (Fsp3) is 0.400. The van der Waals surface area contributed by atoms with E-state index in [4.69, 9.17) is 25.8 Å². The number of morpholine rings is 1. The summed E-state index contributed by atoms with van der Waals surface area (Å²) in [5, 5.41) is 0.775. The van der Waals surface area contributed by atoms with Gasteiger partial charge in [0.25, 0.3) is 0 Å². The molecule has 5 heteroatoms. The Bertz CT molecular complexity index is 662. The lowest BCUT2D eigenvalue weighted by atomic mass is 10.1. The summed E-state index contributed by atoms with van der Waals surface area (Å²) in [4.78, 5) is 2.42. The highest BCUT2D eigenvalue weighted by atomic mass is 35.5. The molecule has 0 aromatic heterocycles. The molecule has 0 saturated carbocycles. The predicted molar refractivity (Wildman–Crippen MR) is 99.6 cm³/mol. The third kappa shape index (κ3) is 5.36. The molecule has 1 aliphatic heterocycles. The summed E-state index contributed by atoms with van der Waals surface area (Å²) in [6, 6.07) is 15.8. The van der Waals surface area contributed by atoms with Gasteiger partial charge in [0, 0.05) is 31.1 Å². The van der Waals surface area contributed by atoms with Crippen molar-refractivity contribution in [1.29, 1.82) is 0 Å². The van der Waals surface area contributed by atoms with Gasteiger partial charge in [-0.1, -0.05) is 35.9 Å². The second-order valence-corrected chi connectivity index (χ2v) is 6.58.